The fourth-order valence-corrected chi connectivity index (χ4v) is 2.43. The second-order valence-corrected chi connectivity index (χ2v) is 5.59. The summed E-state index contributed by atoms with van der Waals surface area (Å²) >= 11 is 0. The van der Waals surface area contributed by atoms with Crippen LogP contribution in [0.4, 0.5) is 17.5 Å². The van der Waals surface area contributed by atoms with Crippen molar-refractivity contribution in [3.05, 3.63) is 66.7 Å². The third-order valence-corrected chi connectivity index (χ3v) is 3.65. The van der Waals surface area contributed by atoms with Crippen LogP contribution in [0.25, 0.3) is 11.3 Å². The van der Waals surface area contributed by atoms with Crippen LogP contribution in [0.3, 0.4) is 0 Å². The maximum Gasteiger partial charge on any atom is 0.225 e. The molecule has 0 unspecified atom stereocenters. The van der Waals surface area contributed by atoms with Crippen molar-refractivity contribution in [2.75, 3.05) is 30.9 Å². The monoisotopic (exact) mass is 334 g/mol. The van der Waals surface area contributed by atoms with Gasteiger partial charge in [-0.15, -0.1) is 0 Å². The van der Waals surface area contributed by atoms with E-state index in [1.165, 1.54) is 0 Å². The van der Waals surface area contributed by atoms with Gasteiger partial charge in [0.2, 0.25) is 5.95 Å². The molecule has 2 aromatic carbocycles. The maximum atomic E-state index is 5.08. The number of nitrogens with zero attached hydrogens (tertiary/aromatic N) is 2. The second-order valence-electron chi connectivity index (χ2n) is 5.59. The predicted octanol–water partition coefficient (Wildman–Crippen LogP) is 4.34. The molecule has 128 valence electrons. The molecule has 3 rings (SSSR count). The highest BCUT2D eigenvalue weighted by Crippen LogP contribution is 2.23. The number of hydrogen-bond donors (Lipinski definition) is 2. The van der Waals surface area contributed by atoms with E-state index < -0.39 is 0 Å². The van der Waals surface area contributed by atoms with Crippen molar-refractivity contribution in [1.82, 2.24) is 9.97 Å². The molecule has 0 bridgehead atoms. The van der Waals surface area contributed by atoms with Crippen LogP contribution in [0.1, 0.15) is 6.42 Å². The number of nitrogens with one attached hydrogen (secondary N) is 2. The molecule has 0 fully saturated rings. The van der Waals surface area contributed by atoms with E-state index in [0.717, 1.165) is 35.7 Å². The minimum absolute atomic E-state index is 0.607. The quantitative estimate of drug-likeness (QED) is 0.600. The molecular formula is C20H22N4O. The van der Waals surface area contributed by atoms with Crippen LogP contribution in [0.2, 0.25) is 0 Å². The van der Waals surface area contributed by atoms with Crippen molar-refractivity contribution in [2.24, 2.45) is 0 Å². The molecule has 0 atom stereocenters. The number of hydrogen-bond acceptors (Lipinski definition) is 5. The summed E-state index contributed by atoms with van der Waals surface area (Å²) in [4.78, 5) is 9.22. The van der Waals surface area contributed by atoms with E-state index in [1.54, 1.807) is 7.11 Å². The molecule has 3 aromatic rings. The molecule has 0 saturated heterocycles. The molecule has 5 heteroatoms. The highest BCUT2D eigenvalue weighted by Gasteiger charge is 2.07. The zero-order valence-corrected chi connectivity index (χ0v) is 14.3. The van der Waals surface area contributed by atoms with Crippen molar-refractivity contribution in [1.29, 1.82) is 0 Å². The van der Waals surface area contributed by atoms with Crippen LogP contribution in [0.5, 0.6) is 0 Å². The molecule has 1 heterocycles. The molecular weight excluding hydrogens is 312 g/mol. The van der Waals surface area contributed by atoms with Crippen LogP contribution in [-0.2, 0) is 4.74 Å². The average Bonchev–Trinajstić information content (AvgIpc) is 2.67. The zero-order valence-electron chi connectivity index (χ0n) is 14.3. The summed E-state index contributed by atoms with van der Waals surface area (Å²) in [5.41, 5.74) is 2.93. The minimum atomic E-state index is 0.607. The van der Waals surface area contributed by atoms with Gasteiger partial charge in [-0.1, -0.05) is 48.5 Å². The molecule has 0 spiro atoms. The minimum Gasteiger partial charge on any atom is -0.385 e. The second kappa shape index (κ2) is 8.80. The molecule has 0 radical (unpaired) electrons. The van der Waals surface area contributed by atoms with Crippen molar-refractivity contribution in [3.63, 3.8) is 0 Å². The van der Waals surface area contributed by atoms with Crippen LogP contribution in [0, 0.1) is 0 Å². The number of benzene rings is 2. The lowest BCUT2D eigenvalue weighted by Gasteiger charge is -2.11. The van der Waals surface area contributed by atoms with E-state index in [1.807, 2.05) is 66.7 Å². The molecule has 5 nitrogen and oxygen atoms in total. The molecule has 0 saturated carbocycles. The van der Waals surface area contributed by atoms with Crippen molar-refractivity contribution >= 4 is 17.5 Å². The zero-order chi connectivity index (χ0) is 17.3. The number of ether oxygens (including phenoxy) is 1. The molecule has 0 aliphatic carbocycles. The van der Waals surface area contributed by atoms with E-state index in [2.05, 4.69) is 20.6 Å². The normalized spacial score (nSPS) is 10.4. The summed E-state index contributed by atoms with van der Waals surface area (Å²) < 4.78 is 5.08. The number of rotatable bonds is 8. The van der Waals surface area contributed by atoms with E-state index in [0.29, 0.717) is 12.6 Å². The van der Waals surface area contributed by atoms with E-state index in [4.69, 9.17) is 4.74 Å². The Kier molecular flexibility index (Phi) is 5.96. The maximum absolute atomic E-state index is 5.08. The van der Waals surface area contributed by atoms with Gasteiger partial charge in [-0.25, -0.2) is 4.98 Å². The first kappa shape index (κ1) is 16.9. The third-order valence-electron chi connectivity index (χ3n) is 3.65. The first-order valence-electron chi connectivity index (χ1n) is 8.34. The van der Waals surface area contributed by atoms with Gasteiger partial charge in [0.25, 0.3) is 0 Å². The van der Waals surface area contributed by atoms with Crippen LogP contribution in [0.15, 0.2) is 66.7 Å². The number of methoxy groups -OCH3 is 1. The Bertz CT molecular complexity index is 778. The Balaban J connectivity index is 1.85. The predicted molar refractivity (Wildman–Crippen MR) is 102 cm³/mol. The first-order chi connectivity index (χ1) is 12.3. The molecule has 0 amide bonds. The van der Waals surface area contributed by atoms with Crippen molar-refractivity contribution in [3.8, 4) is 11.3 Å². The van der Waals surface area contributed by atoms with E-state index >= 15 is 0 Å². The lowest BCUT2D eigenvalue weighted by atomic mass is 10.1. The first-order valence-corrected chi connectivity index (χ1v) is 8.34. The van der Waals surface area contributed by atoms with Gasteiger partial charge in [0.05, 0.1) is 5.69 Å². The molecule has 0 aliphatic rings. The van der Waals surface area contributed by atoms with Gasteiger partial charge in [0.15, 0.2) is 0 Å². The van der Waals surface area contributed by atoms with Gasteiger partial charge >= 0.3 is 0 Å². The van der Waals surface area contributed by atoms with Gasteiger partial charge in [-0.3, -0.25) is 0 Å². The standard InChI is InChI=1S/C20H22N4O/c1-25-14-8-13-21-20-23-18(16-9-4-2-5-10-16)15-19(24-20)22-17-11-6-3-7-12-17/h2-7,9-12,15H,8,13-14H2,1H3,(H2,21,22,23,24). The van der Waals surface area contributed by atoms with Crippen LogP contribution < -0.4 is 10.6 Å². The van der Waals surface area contributed by atoms with Crippen LogP contribution >= 0.6 is 0 Å². The fraction of sp³-hybridized carbons (Fsp3) is 0.200. The Morgan fingerprint density at radius 3 is 2.36 bits per heavy atom. The number of aromatic nitrogens is 2. The lowest BCUT2D eigenvalue weighted by molar-refractivity contribution is 0.197. The highest BCUT2D eigenvalue weighted by atomic mass is 16.5. The molecule has 0 aliphatic heterocycles. The summed E-state index contributed by atoms with van der Waals surface area (Å²) in [6.07, 6.45) is 0.900. The number of anilines is 3. The van der Waals surface area contributed by atoms with E-state index in [9.17, 15) is 0 Å². The summed E-state index contributed by atoms with van der Waals surface area (Å²) in [5, 5.41) is 6.61. The van der Waals surface area contributed by atoms with Crippen molar-refractivity contribution in [2.45, 2.75) is 6.42 Å². The van der Waals surface area contributed by atoms with Gasteiger partial charge in [-0.05, 0) is 18.6 Å². The lowest BCUT2D eigenvalue weighted by Crippen LogP contribution is -2.09. The Labute approximate surface area is 148 Å². The molecule has 1 aromatic heterocycles. The summed E-state index contributed by atoms with van der Waals surface area (Å²) in [6, 6.07) is 22.1. The Morgan fingerprint density at radius 2 is 1.64 bits per heavy atom. The van der Waals surface area contributed by atoms with Gasteiger partial charge in [0.1, 0.15) is 5.82 Å². The smallest absolute Gasteiger partial charge is 0.225 e. The van der Waals surface area contributed by atoms with Crippen LogP contribution in [-0.4, -0.2) is 30.2 Å². The highest BCUT2D eigenvalue weighted by molar-refractivity contribution is 5.67. The Morgan fingerprint density at radius 1 is 0.920 bits per heavy atom. The van der Waals surface area contributed by atoms with Gasteiger partial charge in [0, 0.05) is 37.6 Å². The summed E-state index contributed by atoms with van der Waals surface area (Å²) in [7, 11) is 1.70. The topological polar surface area (TPSA) is 59.1 Å². The average molecular weight is 334 g/mol. The van der Waals surface area contributed by atoms with Gasteiger partial charge in [-0.2, -0.15) is 4.98 Å². The molecule has 25 heavy (non-hydrogen) atoms. The van der Waals surface area contributed by atoms with Crippen molar-refractivity contribution < 1.29 is 4.74 Å². The Hall–Kier alpha value is -2.92. The summed E-state index contributed by atoms with van der Waals surface area (Å²) in [6.45, 7) is 1.47. The summed E-state index contributed by atoms with van der Waals surface area (Å²) in [5.74, 6) is 1.37. The van der Waals surface area contributed by atoms with Gasteiger partial charge < -0.3 is 15.4 Å². The number of para-hydroxylation sites is 1. The van der Waals surface area contributed by atoms with E-state index in [-0.39, 0.29) is 0 Å². The third kappa shape index (κ3) is 5.02. The molecule has 2 N–H and O–H groups in total. The SMILES string of the molecule is COCCCNc1nc(Nc2ccccc2)cc(-c2ccccc2)n1. The fourth-order valence-electron chi connectivity index (χ4n) is 2.43. The largest absolute Gasteiger partial charge is 0.385 e.